The Labute approximate surface area is 104 Å². The van der Waals surface area contributed by atoms with Gasteiger partial charge in [0, 0.05) is 5.38 Å². The molecule has 2 rings (SSSR count). The van der Waals surface area contributed by atoms with Crippen LogP contribution in [0.3, 0.4) is 0 Å². The topological polar surface area (TPSA) is 30.7 Å². The lowest BCUT2D eigenvalue weighted by Gasteiger charge is -2.06. The second-order valence-electron chi connectivity index (χ2n) is 3.34. The van der Waals surface area contributed by atoms with E-state index in [2.05, 4.69) is 10.1 Å². The molecule has 0 saturated carbocycles. The summed E-state index contributed by atoms with van der Waals surface area (Å²) in [5.41, 5.74) is -0.00151. The summed E-state index contributed by atoms with van der Waals surface area (Å²) in [4.78, 5) is 3.97. The SMILES string of the molecule is Cc1cc(C(F)(F)F)n(-c2nc(CCl)cs2)n1. The molecule has 0 aliphatic rings. The predicted octanol–water partition coefficient (Wildman–Crippen LogP) is 3.39. The van der Waals surface area contributed by atoms with E-state index in [1.54, 1.807) is 5.38 Å². The van der Waals surface area contributed by atoms with E-state index in [0.717, 1.165) is 22.1 Å². The molecule has 0 N–H and O–H groups in total. The third-order valence-electron chi connectivity index (χ3n) is 1.98. The highest BCUT2D eigenvalue weighted by Crippen LogP contribution is 2.32. The van der Waals surface area contributed by atoms with E-state index in [9.17, 15) is 13.2 Å². The molecule has 0 saturated heterocycles. The Kier molecular flexibility index (Phi) is 3.13. The van der Waals surface area contributed by atoms with Gasteiger partial charge in [-0.05, 0) is 13.0 Å². The number of hydrogen-bond donors (Lipinski definition) is 0. The minimum Gasteiger partial charge on any atom is -0.222 e. The zero-order chi connectivity index (χ0) is 12.6. The predicted molar refractivity (Wildman–Crippen MR) is 58.5 cm³/mol. The molecule has 0 aromatic carbocycles. The van der Waals surface area contributed by atoms with E-state index < -0.39 is 11.9 Å². The monoisotopic (exact) mass is 281 g/mol. The highest BCUT2D eigenvalue weighted by molar-refractivity contribution is 7.12. The maximum Gasteiger partial charge on any atom is 0.433 e. The van der Waals surface area contributed by atoms with Crippen molar-refractivity contribution in [1.82, 2.24) is 14.8 Å². The van der Waals surface area contributed by atoms with Gasteiger partial charge >= 0.3 is 6.18 Å². The largest absolute Gasteiger partial charge is 0.433 e. The number of aromatic nitrogens is 3. The quantitative estimate of drug-likeness (QED) is 0.790. The van der Waals surface area contributed by atoms with Gasteiger partial charge in [-0.2, -0.15) is 18.3 Å². The molecule has 0 radical (unpaired) electrons. The van der Waals surface area contributed by atoms with Gasteiger partial charge < -0.3 is 0 Å². The molecule has 17 heavy (non-hydrogen) atoms. The molecule has 0 aliphatic carbocycles. The van der Waals surface area contributed by atoms with E-state index in [0.29, 0.717) is 11.4 Å². The average molecular weight is 282 g/mol. The van der Waals surface area contributed by atoms with E-state index in [4.69, 9.17) is 11.6 Å². The average Bonchev–Trinajstić information content (AvgIpc) is 2.81. The molecule has 2 aromatic heterocycles. The van der Waals surface area contributed by atoms with Crippen LogP contribution in [0, 0.1) is 6.92 Å². The molecule has 0 fully saturated rings. The first-order valence-corrected chi connectivity index (χ1v) is 5.98. The summed E-state index contributed by atoms with van der Waals surface area (Å²) in [5.74, 6) is 0.165. The first-order chi connectivity index (χ1) is 7.91. The highest BCUT2D eigenvalue weighted by Gasteiger charge is 2.36. The summed E-state index contributed by atoms with van der Waals surface area (Å²) >= 11 is 6.63. The van der Waals surface area contributed by atoms with Crippen LogP contribution in [0.5, 0.6) is 0 Å². The second kappa shape index (κ2) is 4.30. The fraction of sp³-hybridized carbons (Fsp3) is 0.333. The van der Waals surface area contributed by atoms with Crippen molar-refractivity contribution in [2.45, 2.75) is 19.0 Å². The van der Waals surface area contributed by atoms with Crippen molar-refractivity contribution in [2.24, 2.45) is 0 Å². The van der Waals surface area contributed by atoms with Gasteiger partial charge in [-0.1, -0.05) is 0 Å². The fourth-order valence-electron chi connectivity index (χ4n) is 1.30. The van der Waals surface area contributed by atoms with Crippen LogP contribution in [-0.2, 0) is 12.1 Å². The van der Waals surface area contributed by atoms with Gasteiger partial charge in [0.25, 0.3) is 0 Å². The van der Waals surface area contributed by atoms with Crippen molar-refractivity contribution in [1.29, 1.82) is 0 Å². The number of nitrogens with zero attached hydrogens (tertiary/aromatic N) is 3. The maximum atomic E-state index is 12.7. The standard InChI is InChI=1S/C9H7ClF3N3S/c1-5-2-7(9(11,12)13)16(15-5)8-14-6(3-10)4-17-8/h2,4H,3H2,1H3. The van der Waals surface area contributed by atoms with Gasteiger partial charge in [-0.25, -0.2) is 9.67 Å². The van der Waals surface area contributed by atoms with Crippen LogP contribution in [-0.4, -0.2) is 14.8 Å². The van der Waals surface area contributed by atoms with Crippen LogP contribution in [0.1, 0.15) is 17.1 Å². The van der Waals surface area contributed by atoms with E-state index in [1.807, 2.05) is 0 Å². The van der Waals surface area contributed by atoms with E-state index in [-0.39, 0.29) is 11.0 Å². The molecule has 0 amide bonds. The molecule has 0 unspecified atom stereocenters. The zero-order valence-corrected chi connectivity index (χ0v) is 10.2. The number of halogens is 4. The number of aryl methyl sites for hydroxylation is 1. The first-order valence-electron chi connectivity index (χ1n) is 4.56. The van der Waals surface area contributed by atoms with Gasteiger partial charge in [-0.3, -0.25) is 0 Å². The lowest BCUT2D eigenvalue weighted by atomic mass is 10.3. The van der Waals surface area contributed by atoms with Crippen LogP contribution < -0.4 is 0 Å². The molecule has 92 valence electrons. The number of alkyl halides is 4. The van der Waals surface area contributed by atoms with Crippen molar-refractivity contribution < 1.29 is 13.2 Å². The van der Waals surface area contributed by atoms with Gasteiger partial charge in [0.1, 0.15) is 0 Å². The summed E-state index contributed by atoms with van der Waals surface area (Å²) in [5, 5.41) is 5.57. The molecule has 0 bridgehead atoms. The Morgan fingerprint density at radius 1 is 1.47 bits per heavy atom. The Morgan fingerprint density at radius 3 is 2.71 bits per heavy atom. The molecule has 2 aromatic rings. The molecule has 0 spiro atoms. The van der Waals surface area contributed by atoms with Crippen LogP contribution in [0.2, 0.25) is 0 Å². The molecule has 0 aliphatic heterocycles. The third-order valence-corrected chi connectivity index (χ3v) is 3.12. The molecule has 2 heterocycles. The molecule has 0 atom stereocenters. The number of hydrogen-bond acceptors (Lipinski definition) is 3. The molecule has 8 heteroatoms. The molecular formula is C9H7ClF3N3S. The van der Waals surface area contributed by atoms with Crippen molar-refractivity contribution in [3.63, 3.8) is 0 Å². The lowest BCUT2D eigenvalue weighted by molar-refractivity contribution is -0.142. The van der Waals surface area contributed by atoms with Crippen molar-refractivity contribution >= 4 is 22.9 Å². The summed E-state index contributed by atoms with van der Waals surface area (Å²) in [6, 6.07) is 0.988. The van der Waals surface area contributed by atoms with Crippen LogP contribution in [0.4, 0.5) is 13.2 Å². The van der Waals surface area contributed by atoms with Gasteiger partial charge in [0.15, 0.2) is 5.69 Å². The van der Waals surface area contributed by atoms with Crippen LogP contribution >= 0.6 is 22.9 Å². The van der Waals surface area contributed by atoms with Crippen molar-refractivity contribution in [3.05, 3.63) is 28.5 Å². The number of thiazole rings is 1. The van der Waals surface area contributed by atoms with Crippen molar-refractivity contribution in [2.75, 3.05) is 0 Å². The maximum absolute atomic E-state index is 12.7. The lowest BCUT2D eigenvalue weighted by Crippen LogP contribution is -2.13. The summed E-state index contributed by atoms with van der Waals surface area (Å²) < 4.78 is 39.0. The van der Waals surface area contributed by atoms with Gasteiger partial charge in [0.2, 0.25) is 5.13 Å². The Balaban J connectivity index is 2.51. The van der Waals surface area contributed by atoms with E-state index >= 15 is 0 Å². The first kappa shape index (κ1) is 12.4. The fourth-order valence-corrected chi connectivity index (χ4v) is 2.32. The Hall–Kier alpha value is -1.08. The summed E-state index contributed by atoms with van der Waals surface area (Å²) in [6.45, 7) is 1.50. The van der Waals surface area contributed by atoms with Crippen LogP contribution in [0.25, 0.3) is 5.13 Å². The van der Waals surface area contributed by atoms with Gasteiger partial charge in [0.05, 0.1) is 17.3 Å². The summed E-state index contributed by atoms with van der Waals surface area (Å²) in [6.07, 6.45) is -4.45. The number of rotatable bonds is 2. The smallest absolute Gasteiger partial charge is 0.222 e. The third kappa shape index (κ3) is 2.44. The molecule has 3 nitrogen and oxygen atoms in total. The van der Waals surface area contributed by atoms with E-state index in [1.165, 1.54) is 6.92 Å². The van der Waals surface area contributed by atoms with Crippen LogP contribution in [0.15, 0.2) is 11.4 Å². The Bertz CT molecular complexity index is 532. The zero-order valence-electron chi connectivity index (χ0n) is 8.62. The minimum absolute atomic E-state index is 0.165. The van der Waals surface area contributed by atoms with Crippen molar-refractivity contribution in [3.8, 4) is 5.13 Å². The Morgan fingerprint density at radius 2 is 2.18 bits per heavy atom. The second-order valence-corrected chi connectivity index (χ2v) is 4.44. The van der Waals surface area contributed by atoms with Gasteiger partial charge in [-0.15, -0.1) is 22.9 Å². The normalized spacial score (nSPS) is 12.1. The molecular weight excluding hydrogens is 275 g/mol. The minimum atomic E-state index is -4.45. The summed E-state index contributed by atoms with van der Waals surface area (Å²) in [7, 11) is 0. The highest BCUT2D eigenvalue weighted by atomic mass is 35.5.